The fourth-order valence-corrected chi connectivity index (χ4v) is 2.52. The standard InChI is InChI=1S/C18H18ClN5O2/c1-25-15-8-7-13(9-16(15)26-2)22-17-11-21-24-18(23-17)20-10-12-5-3-4-6-14(12)19/h3-9,11H,10H2,1-2H3,(H2,20,22,23,24). The summed E-state index contributed by atoms with van der Waals surface area (Å²) >= 11 is 6.15. The summed E-state index contributed by atoms with van der Waals surface area (Å²) in [5.74, 6) is 2.22. The van der Waals surface area contributed by atoms with Gasteiger partial charge in [-0.15, -0.1) is 5.10 Å². The molecule has 8 heteroatoms. The molecule has 0 saturated carbocycles. The van der Waals surface area contributed by atoms with E-state index in [0.29, 0.717) is 34.8 Å². The highest BCUT2D eigenvalue weighted by Crippen LogP contribution is 2.30. The second-order valence-electron chi connectivity index (χ2n) is 5.30. The van der Waals surface area contributed by atoms with Crippen LogP contribution in [0.4, 0.5) is 17.5 Å². The maximum Gasteiger partial charge on any atom is 0.244 e. The molecule has 3 aromatic rings. The molecule has 0 aliphatic carbocycles. The van der Waals surface area contributed by atoms with E-state index in [9.17, 15) is 0 Å². The number of methoxy groups -OCH3 is 2. The molecule has 2 aromatic carbocycles. The highest BCUT2D eigenvalue weighted by atomic mass is 35.5. The zero-order chi connectivity index (χ0) is 18.4. The van der Waals surface area contributed by atoms with E-state index in [1.165, 1.54) is 6.20 Å². The number of hydrogen-bond acceptors (Lipinski definition) is 7. The van der Waals surface area contributed by atoms with Crippen LogP contribution in [0.3, 0.4) is 0 Å². The topological polar surface area (TPSA) is 81.2 Å². The third-order valence-electron chi connectivity index (χ3n) is 3.61. The van der Waals surface area contributed by atoms with Gasteiger partial charge in [-0.3, -0.25) is 0 Å². The molecule has 0 spiro atoms. The van der Waals surface area contributed by atoms with E-state index in [4.69, 9.17) is 21.1 Å². The number of halogens is 1. The van der Waals surface area contributed by atoms with Gasteiger partial charge in [-0.2, -0.15) is 10.1 Å². The summed E-state index contributed by atoms with van der Waals surface area (Å²) in [4.78, 5) is 4.40. The van der Waals surface area contributed by atoms with E-state index in [1.54, 1.807) is 14.2 Å². The van der Waals surface area contributed by atoms with E-state index in [2.05, 4.69) is 25.8 Å². The molecule has 0 unspecified atom stereocenters. The monoisotopic (exact) mass is 371 g/mol. The van der Waals surface area contributed by atoms with Gasteiger partial charge in [-0.05, 0) is 23.8 Å². The van der Waals surface area contributed by atoms with Gasteiger partial charge in [0.05, 0.1) is 20.4 Å². The summed E-state index contributed by atoms with van der Waals surface area (Å²) in [6.45, 7) is 0.501. The molecule has 0 amide bonds. The zero-order valence-electron chi connectivity index (χ0n) is 14.4. The Morgan fingerprint density at radius 2 is 1.85 bits per heavy atom. The molecule has 0 bridgehead atoms. The Hall–Kier alpha value is -3.06. The molecule has 0 saturated heterocycles. The lowest BCUT2D eigenvalue weighted by molar-refractivity contribution is 0.355. The second kappa shape index (κ2) is 8.35. The van der Waals surface area contributed by atoms with E-state index < -0.39 is 0 Å². The molecule has 0 aliphatic heterocycles. The SMILES string of the molecule is COc1ccc(Nc2cnnc(NCc3ccccc3Cl)n2)cc1OC. The van der Waals surface area contributed by atoms with Crippen LogP contribution in [-0.2, 0) is 6.54 Å². The van der Waals surface area contributed by atoms with Crippen LogP contribution in [0.2, 0.25) is 5.02 Å². The van der Waals surface area contributed by atoms with Gasteiger partial charge in [-0.25, -0.2) is 0 Å². The van der Waals surface area contributed by atoms with Crippen molar-refractivity contribution < 1.29 is 9.47 Å². The highest BCUT2D eigenvalue weighted by Gasteiger charge is 2.07. The van der Waals surface area contributed by atoms with Gasteiger partial charge in [0.1, 0.15) is 0 Å². The van der Waals surface area contributed by atoms with Crippen molar-refractivity contribution >= 4 is 29.1 Å². The van der Waals surface area contributed by atoms with Gasteiger partial charge in [0.2, 0.25) is 5.95 Å². The van der Waals surface area contributed by atoms with Crippen molar-refractivity contribution in [3.8, 4) is 11.5 Å². The Labute approximate surface area is 156 Å². The minimum Gasteiger partial charge on any atom is -0.493 e. The molecule has 26 heavy (non-hydrogen) atoms. The Kier molecular flexibility index (Phi) is 5.70. The van der Waals surface area contributed by atoms with Crippen molar-refractivity contribution in [2.75, 3.05) is 24.9 Å². The van der Waals surface area contributed by atoms with Crippen LogP contribution < -0.4 is 20.1 Å². The maximum atomic E-state index is 6.15. The average molecular weight is 372 g/mol. The van der Waals surface area contributed by atoms with E-state index in [-0.39, 0.29) is 0 Å². The number of hydrogen-bond donors (Lipinski definition) is 2. The normalized spacial score (nSPS) is 10.3. The quantitative estimate of drug-likeness (QED) is 0.651. The first-order valence-electron chi connectivity index (χ1n) is 7.85. The van der Waals surface area contributed by atoms with Crippen LogP contribution in [0.1, 0.15) is 5.56 Å². The Balaban J connectivity index is 1.70. The molecule has 7 nitrogen and oxygen atoms in total. The molecule has 0 radical (unpaired) electrons. The summed E-state index contributed by atoms with van der Waals surface area (Å²) < 4.78 is 10.5. The fraction of sp³-hybridized carbons (Fsp3) is 0.167. The summed E-state index contributed by atoms with van der Waals surface area (Å²) in [7, 11) is 3.18. The van der Waals surface area contributed by atoms with Crippen molar-refractivity contribution in [3.05, 3.63) is 59.2 Å². The smallest absolute Gasteiger partial charge is 0.244 e. The van der Waals surface area contributed by atoms with E-state index in [1.807, 2.05) is 42.5 Å². The summed E-state index contributed by atoms with van der Waals surface area (Å²) in [6.07, 6.45) is 1.54. The lowest BCUT2D eigenvalue weighted by Gasteiger charge is -2.11. The fourth-order valence-electron chi connectivity index (χ4n) is 2.32. The van der Waals surface area contributed by atoms with Gasteiger partial charge in [0.25, 0.3) is 0 Å². The first-order valence-corrected chi connectivity index (χ1v) is 8.23. The Morgan fingerprint density at radius 3 is 2.62 bits per heavy atom. The molecule has 1 aromatic heterocycles. The van der Waals surface area contributed by atoms with Crippen molar-refractivity contribution in [3.63, 3.8) is 0 Å². The highest BCUT2D eigenvalue weighted by molar-refractivity contribution is 6.31. The molecule has 0 fully saturated rings. The minimum absolute atomic E-state index is 0.399. The first-order chi connectivity index (χ1) is 12.7. The summed E-state index contributed by atoms with van der Waals surface area (Å²) in [5, 5.41) is 14.9. The molecule has 0 aliphatic rings. The van der Waals surface area contributed by atoms with Crippen LogP contribution in [0, 0.1) is 0 Å². The predicted molar refractivity (Wildman–Crippen MR) is 101 cm³/mol. The first kappa shape index (κ1) is 17.8. The number of nitrogens with one attached hydrogen (secondary N) is 2. The van der Waals surface area contributed by atoms with Crippen LogP contribution in [0.25, 0.3) is 0 Å². The number of anilines is 3. The van der Waals surface area contributed by atoms with Crippen LogP contribution in [0.5, 0.6) is 11.5 Å². The largest absolute Gasteiger partial charge is 0.493 e. The number of rotatable bonds is 7. The lowest BCUT2D eigenvalue weighted by atomic mass is 10.2. The van der Waals surface area contributed by atoms with Crippen LogP contribution in [0.15, 0.2) is 48.7 Å². The van der Waals surface area contributed by atoms with E-state index in [0.717, 1.165) is 11.3 Å². The van der Waals surface area contributed by atoms with Gasteiger partial charge < -0.3 is 20.1 Å². The molecule has 1 heterocycles. The molecule has 2 N–H and O–H groups in total. The third-order valence-corrected chi connectivity index (χ3v) is 3.98. The van der Waals surface area contributed by atoms with Crippen LogP contribution in [-0.4, -0.2) is 29.4 Å². The van der Waals surface area contributed by atoms with Gasteiger partial charge in [0, 0.05) is 23.3 Å². The van der Waals surface area contributed by atoms with Crippen molar-refractivity contribution in [1.29, 1.82) is 0 Å². The van der Waals surface area contributed by atoms with Crippen molar-refractivity contribution in [1.82, 2.24) is 15.2 Å². The number of nitrogens with zero attached hydrogens (tertiary/aromatic N) is 3. The zero-order valence-corrected chi connectivity index (χ0v) is 15.1. The molecular formula is C18H18ClN5O2. The predicted octanol–water partition coefficient (Wildman–Crippen LogP) is 3.90. The van der Waals surface area contributed by atoms with Crippen LogP contribution >= 0.6 is 11.6 Å². The maximum absolute atomic E-state index is 6.15. The molecule has 3 rings (SSSR count). The number of benzene rings is 2. The minimum atomic E-state index is 0.399. The van der Waals surface area contributed by atoms with Crippen molar-refractivity contribution in [2.24, 2.45) is 0 Å². The Bertz CT molecular complexity index is 891. The lowest BCUT2D eigenvalue weighted by Crippen LogP contribution is -2.06. The molecular weight excluding hydrogens is 354 g/mol. The second-order valence-corrected chi connectivity index (χ2v) is 5.71. The summed E-state index contributed by atoms with van der Waals surface area (Å²) in [5.41, 5.74) is 1.75. The average Bonchev–Trinajstić information content (AvgIpc) is 2.67. The Morgan fingerprint density at radius 1 is 1.04 bits per heavy atom. The van der Waals surface area contributed by atoms with Crippen molar-refractivity contribution in [2.45, 2.75) is 6.54 Å². The number of ether oxygens (including phenoxy) is 2. The molecule has 0 atom stereocenters. The summed E-state index contributed by atoms with van der Waals surface area (Å²) in [6, 6.07) is 13.1. The number of aromatic nitrogens is 3. The van der Waals surface area contributed by atoms with Gasteiger partial charge >= 0.3 is 0 Å². The molecule has 134 valence electrons. The van der Waals surface area contributed by atoms with Gasteiger partial charge in [-0.1, -0.05) is 29.8 Å². The van der Waals surface area contributed by atoms with E-state index >= 15 is 0 Å². The van der Waals surface area contributed by atoms with Gasteiger partial charge in [0.15, 0.2) is 17.3 Å². The third kappa shape index (κ3) is 4.31.